The highest BCUT2D eigenvalue weighted by Gasteiger charge is 2.32. The fraction of sp³-hybridized carbons (Fsp3) is 0.381. The SMILES string of the molecule is CC[C@@H](C(=O)Nc1c(C)cccc1C(C)C)N(c1ccc(F)c(Cl)c1)S(C)(=O)=O. The van der Waals surface area contributed by atoms with Crippen molar-refractivity contribution in [2.24, 2.45) is 0 Å². The van der Waals surface area contributed by atoms with E-state index in [1.807, 2.05) is 39.0 Å². The molecule has 0 radical (unpaired) electrons. The summed E-state index contributed by atoms with van der Waals surface area (Å²) in [6.07, 6.45) is 1.23. The second-order valence-corrected chi connectivity index (χ2v) is 9.53. The highest BCUT2D eigenvalue weighted by molar-refractivity contribution is 7.92. The van der Waals surface area contributed by atoms with Gasteiger partial charge in [-0.1, -0.05) is 50.6 Å². The summed E-state index contributed by atoms with van der Waals surface area (Å²) in [6, 6.07) is 8.30. The number of nitrogens with one attached hydrogen (secondary N) is 1. The number of para-hydroxylation sites is 1. The van der Waals surface area contributed by atoms with Gasteiger partial charge in [0.05, 0.1) is 17.0 Å². The maximum Gasteiger partial charge on any atom is 0.248 e. The van der Waals surface area contributed by atoms with Crippen LogP contribution in [0.15, 0.2) is 36.4 Å². The van der Waals surface area contributed by atoms with Gasteiger partial charge in [-0.25, -0.2) is 12.8 Å². The number of aryl methyl sites for hydroxylation is 1. The fourth-order valence-corrected chi connectivity index (χ4v) is 4.61. The molecule has 0 saturated heterocycles. The minimum absolute atomic E-state index is 0.134. The van der Waals surface area contributed by atoms with E-state index in [-0.39, 0.29) is 23.0 Å². The zero-order valence-corrected chi connectivity index (χ0v) is 18.7. The van der Waals surface area contributed by atoms with Crippen molar-refractivity contribution in [3.05, 3.63) is 58.4 Å². The highest BCUT2D eigenvalue weighted by Crippen LogP contribution is 2.30. The number of rotatable bonds is 7. The average molecular weight is 441 g/mol. The maximum absolute atomic E-state index is 13.6. The van der Waals surface area contributed by atoms with Gasteiger partial charge >= 0.3 is 0 Å². The van der Waals surface area contributed by atoms with E-state index in [4.69, 9.17) is 11.6 Å². The van der Waals surface area contributed by atoms with Crippen molar-refractivity contribution in [1.82, 2.24) is 0 Å². The van der Waals surface area contributed by atoms with E-state index in [9.17, 15) is 17.6 Å². The van der Waals surface area contributed by atoms with Gasteiger partial charge in [0.2, 0.25) is 15.9 Å². The van der Waals surface area contributed by atoms with Crippen LogP contribution >= 0.6 is 11.6 Å². The Morgan fingerprint density at radius 3 is 2.41 bits per heavy atom. The maximum atomic E-state index is 13.6. The number of benzene rings is 2. The second kappa shape index (κ2) is 9.13. The molecule has 0 spiro atoms. The highest BCUT2D eigenvalue weighted by atomic mass is 35.5. The summed E-state index contributed by atoms with van der Waals surface area (Å²) in [7, 11) is -3.84. The molecule has 0 fully saturated rings. The molecule has 29 heavy (non-hydrogen) atoms. The molecule has 1 atom stereocenters. The molecule has 1 amide bonds. The number of sulfonamides is 1. The first-order chi connectivity index (χ1) is 13.5. The molecule has 0 unspecified atom stereocenters. The Kier molecular flexibility index (Phi) is 7.30. The van der Waals surface area contributed by atoms with Crippen molar-refractivity contribution in [1.29, 1.82) is 0 Å². The van der Waals surface area contributed by atoms with Crippen molar-refractivity contribution in [2.45, 2.75) is 46.1 Å². The van der Waals surface area contributed by atoms with Gasteiger partial charge in [-0.05, 0) is 48.6 Å². The van der Waals surface area contributed by atoms with Crippen LogP contribution in [0, 0.1) is 12.7 Å². The topological polar surface area (TPSA) is 66.5 Å². The van der Waals surface area contributed by atoms with Crippen molar-refractivity contribution in [3.8, 4) is 0 Å². The Bertz CT molecular complexity index is 1010. The van der Waals surface area contributed by atoms with Crippen LogP contribution in [0.1, 0.15) is 44.2 Å². The van der Waals surface area contributed by atoms with Gasteiger partial charge in [0.1, 0.15) is 11.9 Å². The van der Waals surface area contributed by atoms with Crippen molar-refractivity contribution in [3.63, 3.8) is 0 Å². The molecule has 1 N–H and O–H groups in total. The summed E-state index contributed by atoms with van der Waals surface area (Å²) < 4.78 is 39.6. The molecular formula is C21H26ClFN2O3S. The van der Waals surface area contributed by atoms with Crippen LogP contribution in [0.4, 0.5) is 15.8 Å². The summed E-state index contributed by atoms with van der Waals surface area (Å²) in [4.78, 5) is 13.2. The van der Waals surface area contributed by atoms with Crippen LogP contribution in [0.25, 0.3) is 0 Å². The van der Waals surface area contributed by atoms with Gasteiger partial charge in [0, 0.05) is 5.69 Å². The molecule has 0 heterocycles. The van der Waals surface area contributed by atoms with E-state index in [0.29, 0.717) is 5.69 Å². The number of carbonyl (C=O) groups excluding carboxylic acids is 1. The first-order valence-electron chi connectivity index (χ1n) is 9.32. The molecular weight excluding hydrogens is 415 g/mol. The summed E-state index contributed by atoms with van der Waals surface area (Å²) >= 11 is 5.84. The third-order valence-electron chi connectivity index (χ3n) is 4.66. The number of anilines is 2. The lowest BCUT2D eigenvalue weighted by molar-refractivity contribution is -0.117. The largest absolute Gasteiger partial charge is 0.324 e. The third-order valence-corrected chi connectivity index (χ3v) is 6.13. The molecule has 0 bridgehead atoms. The smallest absolute Gasteiger partial charge is 0.248 e. The summed E-state index contributed by atoms with van der Waals surface area (Å²) in [5, 5.41) is 2.69. The lowest BCUT2D eigenvalue weighted by Gasteiger charge is -2.31. The first kappa shape index (κ1) is 23.2. The van der Waals surface area contributed by atoms with Gasteiger partial charge in [0.25, 0.3) is 0 Å². The summed E-state index contributed by atoms with van der Waals surface area (Å²) in [5.41, 5.74) is 2.66. The number of hydrogen-bond acceptors (Lipinski definition) is 3. The van der Waals surface area contributed by atoms with Gasteiger partial charge in [-0.2, -0.15) is 0 Å². The Labute approximate surface area is 176 Å². The standard InChI is InChI=1S/C21H26ClFN2O3S/c1-6-19(21(26)24-20-14(4)8-7-9-16(20)13(2)3)25(29(5,27)28)15-10-11-18(23)17(22)12-15/h7-13,19H,6H2,1-5H3,(H,24,26)/t19-/m0/s1. The normalized spacial score (nSPS) is 12.7. The van der Waals surface area contributed by atoms with Gasteiger partial charge in [-0.3, -0.25) is 9.10 Å². The number of carbonyl (C=O) groups is 1. The third kappa shape index (κ3) is 5.28. The average Bonchev–Trinajstić information content (AvgIpc) is 2.62. The van der Waals surface area contributed by atoms with Crippen LogP contribution < -0.4 is 9.62 Å². The molecule has 158 valence electrons. The van der Waals surface area contributed by atoms with Crippen LogP contribution in [0.3, 0.4) is 0 Å². The second-order valence-electron chi connectivity index (χ2n) is 7.26. The van der Waals surface area contributed by atoms with Crippen molar-refractivity contribution in [2.75, 3.05) is 15.9 Å². The van der Waals surface area contributed by atoms with Crippen molar-refractivity contribution >= 4 is 38.9 Å². The number of hydrogen-bond donors (Lipinski definition) is 1. The summed E-state index contributed by atoms with van der Waals surface area (Å²) in [5.74, 6) is -0.954. The molecule has 0 saturated carbocycles. The van der Waals surface area contributed by atoms with Crippen LogP contribution in [-0.2, 0) is 14.8 Å². The van der Waals surface area contributed by atoms with Gasteiger partial charge in [-0.15, -0.1) is 0 Å². The van der Waals surface area contributed by atoms with E-state index in [2.05, 4.69) is 5.32 Å². The Hall–Kier alpha value is -2.12. The van der Waals surface area contributed by atoms with Crippen LogP contribution in [-0.4, -0.2) is 26.6 Å². The van der Waals surface area contributed by atoms with E-state index < -0.39 is 27.8 Å². The quantitative estimate of drug-likeness (QED) is 0.651. The van der Waals surface area contributed by atoms with Gasteiger partial charge in [0.15, 0.2) is 0 Å². The molecule has 0 aliphatic rings. The molecule has 5 nitrogen and oxygen atoms in total. The Balaban J connectivity index is 2.49. The summed E-state index contributed by atoms with van der Waals surface area (Å²) in [6.45, 7) is 7.64. The molecule has 0 aliphatic heterocycles. The Morgan fingerprint density at radius 1 is 1.24 bits per heavy atom. The zero-order valence-electron chi connectivity index (χ0n) is 17.2. The molecule has 0 aliphatic carbocycles. The van der Waals surface area contributed by atoms with Crippen LogP contribution in [0.2, 0.25) is 5.02 Å². The molecule has 2 aromatic rings. The number of halogens is 2. The monoisotopic (exact) mass is 440 g/mol. The molecule has 8 heteroatoms. The number of nitrogens with zero attached hydrogens (tertiary/aromatic N) is 1. The predicted molar refractivity (Wildman–Crippen MR) is 117 cm³/mol. The first-order valence-corrected chi connectivity index (χ1v) is 11.5. The van der Waals surface area contributed by atoms with E-state index in [1.165, 1.54) is 12.1 Å². The van der Waals surface area contributed by atoms with E-state index in [0.717, 1.165) is 27.8 Å². The predicted octanol–water partition coefficient (Wildman–Crippen LogP) is 5.09. The van der Waals surface area contributed by atoms with Crippen molar-refractivity contribution < 1.29 is 17.6 Å². The molecule has 0 aromatic heterocycles. The van der Waals surface area contributed by atoms with Crippen LogP contribution in [0.5, 0.6) is 0 Å². The zero-order chi connectivity index (χ0) is 21.9. The van der Waals surface area contributed by atoms with E-state index in [1.54, 1.807) is 6.92 Å². The number of amides is 1. The minimum Gasteiger partial charge on any atom is -0.324 e. The van der Waals surface area contributed by atoms with E-state index >= 15 is 0 Å². The van der Waals surface area contributed by atoms with Gasteiger partial charge < -0.3 is 5.32 Å². The minimum atomic E-state index is -3.84. The lowest BCUT2D eigenvalue weighted by atomic mass is 9.98. The lowest BCUT2D eigenvalue weighted by Crippen LogP contribution is -2.47. The molecule has 2 aromatic carbocycles. The fourth-order valence-electron chi connectivity index (χ4n) is 3.23. The molecule has 2 rings (SSSR count). The Morgan fingerprint density at radius 2 is 1.90 bits per heavy atom.